The highest BCUT2D eigenvalue weighted by molar-refractivity contribution is 6.19. The van der Waals surface area contributed by atoms with Crippen LogP contribution in [-0.4, -0.2) is 22.9 Å². The fourth-order valence-corrected chi connectivity index (χ4v) is 1.29. The molecule has 6 heteroatoms. The van der Waals surface area contributed by atoms with E-state index in [0.29, 0.717) is 0 Å². The lowest BCUT2D eigenvalue weighted by Crippen LogP contribution is -2.16. The fourth-order valence-electron chi connectivity index (χ4n) is 1.12. The zero-order chi connectivity index (χ0) is 12.1. The van der Waals surface area contributed by atoms with E-state index in [1.165, 1.54) is 12.1 Å². The number of hydrogen-bond donors (Lipinski definition) is 2. The standard InChI is InChI=1S/C10H9ClFNO3/c11-5-4-8(14)13-9-6(10(15)16)2-1-3-7(9)12/h1-3H,4-5H2,(H,13,14)(H,15,16). The molecule has 0 spiro atoms. The summed E-state index contributed by atoms with van der Waals surface area (Å²) in [5.74, 6) is -2.53. The molecule has 0 aliphatic rings. The number of alkyl halides is 1. The van der Waals surface area contributed by atoms with Gasteiger partial charge < -0.3 is 10.4 Å². The lowest BCUT2D eigenvalue weighted by molar-refractivity contribution is -0.115. The van der Waals surface area contributed by atoms with Gasteiger partial charge in [0.2, 0.25) is 5.91 Å². The number of hydrogen-bond acceptors (Lipinski definition) is 2. The van der Waals surface area contributed by atoms with Gasteiger partial charge in [-0.15, -0.1) is 11.6 Å². The van der Waals surface area contributed by atoms with Crippen LogP contribution in [0.3, 0.4) is 0 Å². The average Bonchev–Trinajstić information content (AvgIpc) is 2.21. The Morgan fingerprint density at radius 1 is 1.44 bits per heavy atom. The number of halogens is 2. The molecule has 1 aromatic carbocycles. The summed E-state index contributed by atoms with van der Waals surface area (Å²) < 4.78 is 13.3. The van der Waals surface area contributed by atoms with E-state index in [-0.39, 0.29) is 23.6 Å². The van der Waals surface area contributed by atoms with Crippen molar-refractivity contribution in [3.8, 4) is 0 Å². The third-order valence-corrected chi connectivity index (χ3v) is 2.02. The van der Waals surface area contributed by atoms with Crippen LogP contribution in [0.25, 0.3) is 0 Å². The second-order valence-electron chi connectivity index (χ2n) is 2.95. The largest absolute Gasteiger partial charge is 0.478 e. The molecule has 16 heavy (non-hydrogen) atoms. The van der Waals surface area contributed by atoms with Crippen LogP contribution in [0.4, 0.5) is 10.1 Å². The lowest BCUT2D eigenvalue weighted by Gasteiger charge is -2.08. The molecule has 0 aliphatic heterocycles. The van der Waals surface area contributed by atoms with Crippen LogP contribution in [0.1, 0.15) is 16.8 Å². The van der Waals surface area contributed by atoms with Crippen molar-refractivity contribution in [1.29, 1.82) is 0 Å². The van der Waals surface area contributed by atoms with E-state index >= 15 is 0 Å². The average molecular weight is 246 g/mol. The maximum Gasteiger partial charge on any atom is 0.337 e. The summed E-state index contributed by atoms with van der Waals surface area (Å²) in [6.07, 6.45) is -0.00501. The lowest BCUT2D eigenvalue weighted by atomic mass is 10.1. The molecule has 0 bridgehead atoms. The summed E-state index contributed by atoms with van der Waals surface area (Å²) in [6, 6.07) is 3.54. The van der Waals surface area contributed by atoms with E-state index in [0.717, 1.165) is 6.07 Å². The van der Waals surface area contributed by atoms with Crippen molar-refractivity contribution in [2.75, 3.05) is 11.2 Å². The van der Waals surface area contributed by atoms with Crippen molar-refractivity contribution in [3.05, 3.63) is 29.6 Å². The van der Waals surface area contributed by atoms with Gasteiger partial charge in [-0.2, -0.15) is 0 Å². The zero-order valence-electron chi connectivity index (χ0n) is 8.17. The van der Waals surface area contributed by atoms with Crippen LogP contribution in [-0.2, 0) is 4.79 Å². The number of rotatable bonds is 4. The minimum Gasteiger partial charge on any atom is -0.478 e. The van der Waals surface area contributed by atoms with Gasteiger partial charge >= 0.3 is 5.97 Å². The minimum absolute atomic E-state index is 0.00501. The summed E-state index contributed by atoms with van der Waals surface area (Å²) >= 11 is 5.33. The molecule has 86 valence electrons. The molecule has 0 saturated heterocycles. The molecule has 0 atom stereocenters. The van der Waals surface area contributed by atoms with Gasteiger partial charge in [0.1, 0.15) is 5.82 Å². The SMILES string of the molecule is O=C(CCCl)Nc1c(F)cccc1C(=O)O. The number of carboxylic acids is 1. The number of amides is 1. The number of nitrogens with one attached hydrogen (secondary N) is 1. The number of para-hydroxylation sites is 1. The van der Waals surface area contributed by atoms with Gasteiger partial charge in [-0.25, -0.2) is 9.18 Å². The summed E-state index contributed by atoms with van der Waals surface area (Å²) in [5, 5.41) is 11.0. The van der Waals surface area contributed by atoms with Gasteiger partial charge in [-0.3, -0.25) is 4.79 Å². The number of benzene rings is 1. The van der Waals surface area contributed by atoms with Crippen molar-refractivity contribution in [2.45, 2.75) is 6.42 Å². The number of anilines is 1. The fraction of sp³-hybridized carbons (Fsp3) is 0.200. The maximum absolute atomic E-state index is 13.3. The van der Waals surface area contributed by atoms with E-state index in [1.807, 2.05) is 0 Å². The molecule has 0 saturated carbocycles. The number of aromatic carboxylic acids is 1. The van der Waals surface area contributed by atoms with E-state index in [1.54, 1.807) is 0 Å². The minimum atomic E-state index is -1.30. The van der Waals surface area contributed by atoms with Gasteiger partial charge in [-0.1, -0.05) is 6.07 Å². The van der Waals surface area contributed by atoms with Crippen molar-refractivity contribution < 1.29 is 19.1 Å². The predicted octanol–water partition coefficient (Wildman–Crippen LogP) is 2.09. The molecule has 2 N–H and O–H groups in total. The third-order valence-electron chi connectivity index (χ3n) is 1.83. The molecule has 0 radical (unpaired) electrons. The first-order valence-electron chi connectivity index (χ1n) is 4.44. The van der Waals surface area contributed by atoms with E-state index in [2.05, 4.69) is 5.32 Å². The second-order valence-corrected chi connectivity index (χ2v) is 3.33. The quantitative estimate of drug-likeness (QED) is 0.799. The Morgan fingerprint density at radius 2 is 2.12 bits per heavy atom. The Labute approximate surface area is 96.0 Å². The van der Waals surface area contributed by atoms with E-state index in [9.17, 15) is 14.0 Å². The van der Waals surface area contributed by atoms with Gasteiger partial charge in [-0.05, 0) is 12.1 Å². The third kappa shape index (κ3) is 2.93. The van der Waals surface area contributed by atoms with Gasteiger partial charge in [0, 0.05) is 12.3 Å². The highest BCUT2D eigenvalue weighted by atomic mass is 35.5. The molecule has 0 fully saturated rings. The summed E-state index contributed by atoms with van der Waals surface area (Å²) in [4.78, 5) is 22.0. The summed E-state index contributed by atoms with van der Waals surface area (Å²) in [6.45, 7) is 0. The van der Waals surface area contributed by atoms with Crippen molar-refractivity contribution in [1.82, 2.24) is 0 Å². The topological polar surface area (TPSA) is 66.4 Å². The molecule has 0 heterocycles. The molecule has 0 unspecified atom stereocenters. The van der Waals surface area contributed by atoms with Crippen LogP contribution < -0.4 is 5.32 Å². The first-order chi connectivity index (χ1) is 7.56. The smallest absolute Gasteiger partial charge is 0.337 e. The van der Waals surface area contributed by atoms with Crippen LogP contribution in [0, 0.1) is 5.82 Å². The Kier molecular flexibility index (Phi) is 4.25. The Bertz CT molecular complexity index is 423. The van der Waals surface area contributed by atoms with Crippen LogP contribution in [0.2, 0.25) is 0 Å². The Balaban J connectivity index is 3.01. The van der Waals surface area contributed by atoms with Crippen molar-refractivity contribution in [2.24, 2.45) is 0 Å². The molecular formula is C10H9ClFNO3. The van der Waals surface area contributed by atoms with Gasteiger partial charge in [0.15, 0.2) is 0 Å². The number of carbonyl (C=O) groups excluding carboxylic acids is 1. The Morgan fingerprint density at radius 3 is 2.69 bits per heavy atom. The molecule has 1 amide bonds. The van der Waals surface area contributed by atoms with Crippen molar-refractivity contribution in [3.63, 3.8) is 0 Å². The molecule has 1 rings (SSSR count). The van der Waals surface area contributed by atoms with Gasteiger partial charge in [0.05, 0.1) is 11.3 Å². The second kappa shape index (κ2) is 5.46. The maximum atomic E-state index is 13.3. The van der Waals surface area contributed by atoms with E-state index < -0.39 is 17.7 Å². The van der Waals surface area contributed by atoms with Crippen molar-refractivity contribution >= 4 is 29.2 Å². The first kappa shape index (κ1) is 12.4. The first-order valence-corrected chi connectivity index (χ1v) is 4.97. The molecule has 0 aromatic heterocycles. The predicted molar refractivity (Wildman–Crippen MR) is 57.3 cm³/mol. The molecule has 0 aliphatic carbocycles. The monoisotopic (exact) mass is 245 g/mol. The number of carbonyl (C=O) groups is 2. The molecular weight excluding hydrogens is 237 g/mol. The summed E-state index contributed by atoms with van der Waals surface area (Å²) in [7, 11) is 0. The molecule has 1 aromatic rings. The highest BCUT2D eigenvalue weighted by Gasteiger charge is 2.15. The van der Waals surface area contributed by atoms with Gasteiger partial charge in [0.25, 0.3) is 0 Å². The van der Waals surface area contributed by atoms with Crippen LogP contribution in [0.15, 0.2) is 18.2 Å². The Hall–Kier alpha value is -1.62. The summed E-state index contributed by atoms with van der Waals surface area (Å²) in [5.41, 5.74) is -0.618. The number of carboxylic acid groups (broad SMARTS) is 1. The highest BCUT2D eigenvalue weighted by Crippen LogP contribution is 2.20. The molecule has 4 nitrogen and oxygen atoms in total. The van der Waals surface area contributed by atoms with Crippen LogP contribution >= 0.6 is 11.6 Å². The van der Waals surface area contributed by atoms with Crippen LogP contribution in [0.5, 0.6) is 0 Å². The normalized spacial score (nSPS) is 9.88. The van der Waals surface area contributed by atoms with E-state index in [4.69, 9.17) is 16.7 Å². The zero-order valence-corrected chi connectivity index (χ0v) is 8.92.